The molecule has 0 aromatic rings. The zero-order valence-corrected chi connectivity index (χ0v) is 13.3. The molecule has 0 unspecified atom stereocenters. The van der Waals surface area contributed by atoms with Crippen LogP contribution in [0.2, 0.25) is 0 Å². The van der Waals surface area contributed by atoms with Gasteiger partial charge in [0.25, 0.3) is 0 Å². The van der Waals surface area contributed by atoms with Gasteiger partial charge in [-0.3, -0.25) is 4.79 Å². The van der Waals surface area contributed by atoms with Crippen LogP contribution in [0, 0.1) is 0 Å². The summed E-state index contributed by atoms with van der Waals surface area (Å²) in [5.74, 6) is -0.00598. The molecule has 1 aliphatic carbocycles. The van der Waals surface area contributed by atoms with E-state index < -0.39 is 5.60 Å². The summed E-state index contributed by atoms with van der Waals surface area (Å²) in [6.45, 7) is 6.87. The Bertz CT molecular complexity index is 401. The molecule has 2 aliphatic rings. The van der Waals surface area contributed by atoms with Crippen LogP contribution in [-0.2, 0) is 9.53 Å². The van der Waals surface area contributed by atoms with Gasteiger partial charge in [-0.25, -0.2) is 4.79 Å². The molecule has 0 spiro atoms. The van der Waals surface area contributed by atoms with Gasteiger partial charge < -0.3 is 20.3 Å². The Morgan fingerprint density at radius 1 is 1.24 bits per heavy atom. The Morgan fingerprint density at radius 3 is 2.43 bits per heavy atom. The second-order valence-electron chi connectivity index (χ2n) is 6.96. The standard InChI is InChI=1S/C15H27N3O3/c1-15(2,3)21-14(20)17-8-4-5-12(10-17)18(11-6-7-11)13(19)9-16/h11-12H,4-10,16H2,1-3H3/t12-/m1/s1. The lowest BCUT2D eigenvalue weighted by Gasteiger charge is -2.39. The molecule has 0 aromatic carbocycles. The Kier molecular flexibility index (Phi) is 4.76. The predicted octanol–water partition coefficient (Wildman–Crippen LogP) is 1.34. The zero-order valence-electron chi connectivity index (χ0n) is 13.3. The van der Waals surface area contributed by atoms with Gasteiger partial charge in [-0.1, -0.05) is 0 Å². The van der Waals surface area contributed by atoms with Crippen molar-refractivity contribution in [3.8, 4) is 0 Å². The van der Waals surface area contributed by atoms with E-state index in [-0.39, 0.29) is 24.6 Å². The summed E-state index contributed by atoms with van der Waals surface area (Å²) >= 11 is 0. The monoisotopic (exact) mass is 297 g/mol. The molecule has 6 nitrogen and oxygen atoms in total. The van der Waals surface area contributed by atoms with Crippen LogP contribution in [0.5, 0.6) is 0 Å². The third-order valence-corrected chi connectivity index (χ3v) is 3.84. The number of carbonyl (C=O) groups excluding carboxylic acids is 2. The second-order valence-corrected chi connectivity index (χ2v) is 6.96. The quantitative estimate of drug-likeness (QED) is 0.853. The number of rotatable bonds is 3. The third kappa shape index (κ3) is 4.33. The Balaban J connectivity index is 1.99. The van der Waals surface area contributed by atoms with E-state index in [4.69, 9.17) is 10.5 Å². The molecule has 6 heteroatoms. The topological polar surface area (TPSA) is 75.9 Å². The van der Waals surface area contributed by atoms with Crippen molar-refractivity contribution in [2.24, 2.45) is 5.73 Å². The lowest BCUT2D eigenvalue weighted by Crippen LogP contribution is -2.54. The van der Waals surface area contributed by atoms with E-state index >= 15 is 0 Å². The van der Waals surface area contributed by atoms with Crippen LogP contribution in [0.4, 0.5) is 4.79 Å². The van der Waals surface area contributed by atoms with E-state index in [1.54, 1.807) is 4.90 Å². The van der Waals surface area contributed by atoms with Crippen LogP contribution in [-0.4, -0.2) is 59.1 Å². The van der Waals surface area contributed by atoms with Gasteiger partial charge in [-0.2, -0.15) is 0 Å². The van der Waals surface area contributed by atoms with Gasteiger partial charge in [-0.15, -0.1) is 0 Å². The van der Waals surface area contributed by atoms with E-state index in [1.165, 1.54) is 0 Å². The maximum Gasteiger partial charge on any atom is 0.410 e. The number of hydrogen-bond donors (Lipinski definition) is 1. The van der Waals surface area contributed by atoms with Crippen molar-refractivity contribution in [1.29, 1.82) is 0 Å². The van der Waals surface area contributed by atoms with Gasteiger partial charge in [0.05, 0.1) is 6.54 Å². The molecule has 2 N–H and O–H groups in total. The van der Waals surface area contributed by atoms with Crippen LogP contribution in [0.3, 0.4) is 0 Å². The van der Waals surface area contributed by atoms with E-state index in [0.717, 1.165) is 25.7 Å². The van der Waals surface area contributed by atoms with Crippen molar-refractivity contribution in [1.82, 2.24) is 9.80 Å². The van der Waals surface area contributed by atoms with Gasteiger partial charge in [0, 0.05) is 25.2 Å². The smallest absolute Gasteiger partial charge is 0.410 e. The number of carbonyl (C=O) groups is 2. The molecule has 1 heterocycles. The molecule has 120 valence electrons. The fourth-order valence-electron chi connectivity index (χ4n) is 2.84. The van der Waals surface area contributed by atoms with Crippen molar-refractivity contribution >= 4 is 12.0 Å². The third-order valence-electron chi connectivity index (χ3n) is 3.84. The second kappa shape index (κ2) is 6.22. The van der Waals surface area contributed by atoms with E-state index in [2.05, 4.69) is 0 Å². The molecule has 21 heavy (non-hydrogen) atoms. The van der Waals surface area contributed by atoms with Crippen molar-refractivity contribution in [3.05, 3.63) is 0 Å². The summed E-state index contributed by atoms with van der Waals surface area (Å²) < 4.78 is 5.43. The highest BCUT2D eigenvalue weighted by atomic mass is 16.6. The molecule has 1 aliphatic heterocycles. The van der Waals surface area contributed by atoms with Crippen molar-refractivity contribution in [2.75, 3.05) is 19.6 Å². The lowest BCUT2D eigenvalue weighted by molar-refractivity contribution is -0.133. The molecule has 2 amide bonds. The highest BCUT2D eigenvalue weighted by Gasteiger charge is 2.39. The largest absolute Gasteiger partial charge is 0.444 e. The van der Waals surface area contributed by atoms with Crippen LogP contribution in [0.25, 0.3) is 0 Å². The minimum atomic E-state index is -0.493. The molecule has 0 aromatic heterocycles. The average molecular weight is 297 g/mol. The molecule has 1 saturated heterocycles. The maximum atomic E-state index is 12.2. The number of likely N-dealkylation sites (tertiary alicyclic amines) is 1. The van der Waals surface area contributed by atoms with E-state index in [9.17, 15) is 9.59 Å². The minimum absolute atomic E-state index is 0.00598. The highest BCUT2D eigenvalue weighted by Crippen LogP contribution is 2.31. The summed E-state index contributed by atoms with van der Waals surface area (Å²) in [6, 6.07) is 0.402. The Labute approximate surface area is 126 Å². The molecule has 1 atom stereocenters. The van der Waals surface area contributed by atoms with E-state index in [1.807, 2.05) is 25.7 Å². The first-order valence-corrected chi connectivity index (χ1v) is 7.81. The normalized spacial score (nSPS) is 22.9. The van der Waals surface area contributed by atoms with Crippen molar-refractivity contribution in [2.45, 2.75) is 64.1 Å². The zero-order chi connectivity index (χ0) is 15.6. The van der Waals surface area contributed by atoms with Crippen molar-refractivity contribution in [3.63, 3.8) is 0 Å². The minimum Gasteiger partial charge on any atom is -0.444 e. The Morgan fingerprint density at radius 2 is 1.90 bits per heavy atom. The van der Waals surface area contributed by atoms with E-state index in [0.29, 0.717) is 19.1 Å². The lowest BCUT2D eigenvalue weighted by atomic mass is 10.0. The molecule has 0 bridgehead atoms. The number of ether oxygens (including phenoxy) is 1. The summed E-state index contributed by atoms with van der Waals surface area (Å²) in [5.41, 5.74) is 5.03. The molecule has 1 saturated carbocycles. The summed E-state index contributed by atoms with van der Waals surface area (Å²) in [7, 11) is 0. The van der Waals surface area contributed by atoms with Crippen LogP contribution in [0.1, 0.15) is 46.5 Å². The fourth-order valence-corrected chi connectivity index (χ4v) is 2.84. The van der Waals surface area contributed by atoms with Crippen molar-refractivity contribution < 1.29 is 14.3 Å². The number of hydrogen-bond acceptors (Lipinski definition) is 4. The first-order valence-electron chi connectivity index (χ1n) is 7.81. The predicted molar refractivity (Wildman–Crippen MR) is 79.8 cm³/mol. The average Bonchev–Trinajstić information content (AvgIpc) is 3.22. The highest BCUT2D eigenvalue weighted by molar-refractivity contribution is 5.79. The summed E-state index contributed by atoms with van der Waals surface area (Å²) in [6.07, 6.45) is 3.64. The number of nitrogens with zero attached hydrogens (tertiary/aromatic N) is 2. The molecular weight excluding hydrogens is 270 g/mol. The van der Waals surface area contributed by atoms with Crippen LogP contribution < -0.4 is 5.73 Å². The molecular formula is C15H27N3O3. The number of nitrogens with two attached hydrogens (primary N) is 1. The van der Waals surface area contributed by atoms with Gasteiger partial charge in [0.1, 0.15) is 5.60 Å². The number of amides is 2. The summed E-state index contributed by atoms with van der Waals surface area (Å²) in [5, 5.41) is 0. The molecule has 2 fully saturated rings. The van der Waals surface area contributed by atoms with Gasteiger partial charge in [0.15, 0.2) is 0 Å². The first-order chi connectivity index (χ1) is 9.81. The number of piperidine rings is 1. The van der Waals surface area contributed by atoms with Crippen LogP contribution in [0.15, 0.2) is 0 Å². The Hall–Kier alpha value is -1.30. The van der Waals surface area contributed by atoms with Gasteiger partial charge in [-0.05, 0) is 46.5 Å². The first kappa shape index (κ1) is 16.1. The maximum absolute atomic E-state index is 12.2. The molecule has 2 rings (SSSR count). The van der Waals surface area contributed by atoms with Crippen LogP contribution >= 0.6 is 0 Å². The molecule has 0 radical (unpaired) electrons. The van der Waals surface area contributed by atoms with Gasteiger partial charge >= 0.3 is 6.09 Å². The SMILES string of the molecule is CC(C)(C)OC(=O)N1CCC[C@@H](N(C(=O)CN)C2CC2)C1. The summed E-state index contributed by atoms with van der Waals surface area (Å²) in [4.78, 5) is 27.9. The van der Waals surface area contributed by atoms with Gasteiger partial charge in [0.2, 0.25) is 5.91 Å². The fraction of sp³-hybridized carbons (Fsp3) is 0.867.